The smallest absolute Gasteiger partial charge is 0.307 e. The van der Waals surface area contributed by atoms with Crippen LogP contribution in [0.25, 0.3) is 0 Å². The highest BCUT2D eigenvalue weighted by atomic mass is 16.4. The summed E-state index contributed by atoms with van der Waals surface area (Å²) in [6, 6.07) is 0. The largest absolute Gasteiger partial charge is 0.481 e. The standard InChI is InChI=1S/C14H22N4O3/c1-4-9-5-10(11(6-9)14(20)21)13(19)18(3)7-12-15-8(2)16-17-12/h9-11H,4-7H2,1-3H3,(H,20,21)(H,15,16,17). The summed E-state index contributed by atoms with van der Waals surface area (Å²) in [6.07, 6.45) is 2.16. The minimum absolute atomic E-state index is 0.124. The number of hydrogen-bond donors (Lipinski definition) is 2. The number of rotatable bonds is 5. The van der Waals surface area contributed by atoms with Crippen molar-refractivity contribution in [3.8, 4) is 0 Å². The molecular weight excluding hydrogens is 272 g/mol. The van der Waals surface area contributed by atoms with Gasteiger partial charge in [0.1, 0.15) is 5.82 Å². The average Bonchev–Trinajstić information content (AvgIpc) is 3.04. The Kier molecular flexibility index (Phi) is 4.59. The van der Waals surface area contributed by atoms with Gasteiger partial charge >= 0.3 is 5.97 Å². The second-order valence-corrected chi connectivity index (χ2v) is 5.83. The van der Waals surface area contributed by atoms with Gasteiger partial charge in [0, 0.05) is 7.05 Å². The third-order valence-electron chi connectivity index (χ3n) is 4.27. The van der Waals surface area contributed by atoms with Crippen molar-refractivity contribution >= 4 is 11.9 Å². The van der Waals surface area contributed by atoms with Crippen molar-refractivity contribution in [1.82, 2.24) is 20.1 Å². The molecule has 1 aliphatic carbocycles. The molecule has 1 aliphatic rings. The number of carbonyl (C=O) groups is 2. The van der Waals surface area contributed by atoms with Crippen LogP contribution in [0.2, 0.25) is 0 Å². The van der Waals surface area contributed by atoms with Gasteiger partial charge in [-0.05, 0) is 25.7 Å². The van der Waals surface area contributed by atoms with E-state index in [9.17, 15) is 14.7 Å². The van der Waals surface area contributed by atoms with Crippen LogP contribution < -0.4 is 0 Å². The van der Waals surface area contributed by atoms with Crippen LogP contribution in [0.15, 0.2) is 0 Å². The second-order valence-electron chi connectivity index (χ2n) is 5.83. The van der Waals surface area contributed by atoms with Gasteiger partial charge in [-0.1, -0.05) is 13.3 Å². The van der Waals surface area contributed by atoms with Crippen LogP contribution >= 0.6 is 0 Å². The van der Waals surface area contributed by atoms with Crippen molar-refractivity contribution in [2.24, 2.45) is 17.8 Å². The van der Waals surface area contributed by atoms with Crippen molar-refractivity contribution in [1.29, 1.82) is 0 Å². The number of aryl methyl sites for hydroxylation is 1. The highest BCUT2D eigenvalue weighted by Crippen LogP contribution is 2.39. The second kappa shape index (κ2) is 6.24. The predicted octanol–water partition coefficient (Wildman–Crippen LogP) is 1.21. The highest BCUT2D eigenvalue weighted by Gasteiger charge is 2.43. The summed E-state index contributed by atoms with van der Waals surface area (Å²) in [4.78, 5) is 29.6. The Morgan fingerprint density at radius 3 is 2.57 bits per heavy atom. The molecule has 2 rings (SSSR count). The Morgan fingerprint density at radius 1 is 1.38 bits per heavy atom. The van der Waals surface area contributed by atoms with Crippen LogP contribution in [0.3, 0.4) is 0 Å². The Balaban J connectivity index is 2.05. The number of carbonyl (C=O) groups excluding carboxylic acids is 1. The van der Waals surface area contributed by atoms with E-state index in [2.05, 4.69) is 15.2 Å². The molecule has 116 valence electrons. The zero-order valence-corrected chi connectivity index (χ0v) is 12.7. The van der Waals surface area contributed by atoms with Gasteiger partial charge in [-0.3, -0.25) is 14.7 Å². The van der Waals surface area contributed by atoms with E-state index in [-0.39, 0.29) is 5.91 Å². The Labute approximate surface area is 123 Å². The van der Waals surface area contributed by atoms with E-state index in [1.165, 1.54) is 4.90 Å². The summed E-state index contributed by atoms with van der Waals surface area (Å²) in [6.45, 7) is 4.13. The molecule has 21 heavy (non-hydrogen) atoms. The number of aliphatic carboxylic acids is 1. The molecule has 1 aromatic rings. The summed E-state index contributed by atoms with van der Waals surface area (Å²) in [5.74, 6) is -0.441. The number of aromatic nitrogens is 3. The van der Waals surface area contributed by atoms with Crippen molar-refractivity contribution in [2.45, 2.75) is 39.7 Å². The fourth-order valence-electron chi connectivity index (χ4n) is 3.06. The lowest BCUT2D eigenvalue weighted by molar-refractivity contribution is -0.148. The van der Waals surface area contributed by atoms with Crippen molar-refractivity contribution in [2.75, 3.05) is 7.05 Å². The molecule has 1 amide bonds. The van der Waals surface area contributed by atoms with Crippen LogP contribution in [-0.2, 0) is 16.1 Å². The van der Waals surface area contributed by atoms with Gasteiger partial charge in [-0.2, -0.15) is 5.10 Å². The molecule has 0 radical (unpaired) electrons. The van der Waals surface area contributed by atoms with Crippen molar-refractivity contribution in [3.63, 3.8) is 0 Å². The molecule has 1 saturated carbocycles. The maximum absolute atomic E-state index is 12.5. The number of H-pyrrole nitrogens is 1. The summed E-state index contributed by atoms with van der Waals surface area (Å²) >= 11 is 0. The van der Waals surface area contributed by atoms with E-state index in [1.807, 2.05) is 6.92 Å². The SMILES string of the molecule is CCC1CC(C(=O)O)C(C(=O)N(C)Cc2n[nH]c(C)n2)C1. The van der Waals surface area contributed by atoms with Gasteiger partial charge in [0.15, 0.2) is 5.82 Å². The van der Waals surface area contributed by atoms with E-state index >= 15 is 0 Å². The number of amides is 1. The lowest BCUT2D eigenvalue weighted by Gasteiger charge is -2.22. The minimum Gasteiger partial charge on any atom is -0.481 e. The third-order valence-corrected chi connectivity index (χ3v) is 4.27. The Morgan fingerprint density at radius 2 is 2.05 bits per heavy atom. The number of hydrogen-bond acceptors (Lipinski definition) is 4. The summed E-state index contributed by atoms with van der Waals surface area (Å²) in [7, 11) is 1.67. The molecule has 3 unspecified atom stereocenters. The third kappa shape index (κ3) is 3.40. The number of nitrogens with one attached hydrogen (secondary N) is 1. The molecule has 0 saturated heterocycles. The van der Waals surface area contributed by atoms with Crippen molar-refractivity contribution in [3.05, 3.63) is 11.6 Å². The van der Waals surface area contributed by atoms with E-state index < -0.39 is 17.8 Å². The molecule has 7 heteroatoms. The Bertz CT molecular complexity index is 528. The molecule has 1 fully saturated rings. The molecule has 1 aromatic heterocycles. The first-order valence-electron chi connectivity index (χ1n) is 7.28. The molecule has 0 aliphatic heterocycles. The van der Waals surface area contributed by atoms with Crippen LogP contribution in [0, 0.1) is 24.7 Å². The van der Waals surface area contributed by atoms with Gasteiger partial charge in [-0.25, -0.2) is 4.98 Å². The number of nitrogens with zero attached hydrogens (tertiary/aromatic N) is 3. The fraction of sp³-hybridized carbons (Fsp3) is 0.714. The van der Waals surface area contributed by atoms with Gasteiger partial charge in [0.05, 0.1) is 18.4 Å². The molecule has 7 nitrogen and oxygen atoms in total. The lowest BCUT2D eigenvalue weighted by atomic mass is 9.95. The van der Waals surface area contributed by atoms with E-state index in [4.69, 9.17) is 0 Å². The van der Waals surface area contributed by atoms with Crippen LogP contribution in [0.1, 0.15) is 37.8 Å². The van der Waals surface area contributed by atoms with Crippen LogP contribution in [0.5, 0.6) is 0 Å². The summed E-state index contributed by atoms with van der Waals surface area (Å²) in [5.41, 5.74) is 0. The number of carboxylic acids is 1. The predicted molar refractivity (Wildman–Crippen MR) is 75.2 cm³/mol. The summed E-state index contributed by atoms with van der Waals surface area (Å²) < 4.78 is 0. The van der Waals surface area contributed by atoms with E-state index in [0.29, 0.717) is 37.0 Å². The van der Waals surface area contributed by atoms with E-state index in [1.54, 1.807) is 14.0 Å². The molecule has 0 aromatic carbocycles. The maximum Gasteiger partial charge on any atom is 0.307 e. The van der Waals surface area contributed by atoms with Crippen LogP contribution in [-0.4, -0.2) is 44.1 Å². The number of carboxylic acid groups (broad SMARTS) is 1. The van der Waals surface area contributed by atoms with E-state index in [0.717, 1.165) is 6.42 Å². The maximum atomic E-state index is 12.5. The molecule has 1 heterocycles. The monoisotopic (exact) mass is 294 g/mol. The topological polar surface area (TPSA) is 99.2 Å². The first-order chi connectivity index (χ1) is 9.92. The normalized spacial score (nSPS) is 25.0. The molecule has 0 bridgehead atoms. The summed E-state index contributed by atoms with van der Waals surface area (Å²) in [5, 5.41) is 16.1. The lowest BCUT2D eigenvalue weighted by Crippen LogP contribution is -2.36. The first kappa shape index (κ1) is 15.5. The molecule has 2 N–H and O–H groups in total. The average molecular weight is 294 g/mol. The van der Waals surface area contributed by atoms with Gasteiger partial charge < -0.3 is 10.0 Å². The molecule has 0 spiro atoms. The fourth-order valence-corrected chi connectivity index (χ4v) is 3.06. The quantitative estimate of drug-likeness (QED) is 0.850. The van der Waals surface area contributed by atoms with Gasteiger partial charge in [0.25, 0.3) is 0 Å². The number of aromatic amines is 1. The minimum atomic E-state index is -0.869. The molecule has 3 atom stereocenters. The van der Waals surface area contributed by atoms with Crippen molar-refractivity contribution < 1.29 is 14.7 Å². The van der Waals surface area contributed by atoms with Gasteiger partial charge in [-0.15, -0.1) is 0 Å². The first-order valence-corrected chi connectivity index (χ1v) is 7.28. The van der Waals surface area contributed by atoms with Gasteiger partial charge in [0.2, 0.25) is 5.91 Å². The Hall–Kier alpha value is -1.92. The zero-order chi connectivity index (χ0) is 15.6. The highest BCUT2D eigenvalue weighted by molar-refractivity contribution is 5.85. The zero-order valence-electron chi connectivity index (χ0n) is 12.7. The van der Waals surface area contributed by atoms with Crippen LogP contribution in [0.4, 0.5) is 0 Å². The molecular formula is C14H22N4O3.